The van der Waals surface area contributed by atoms with Crippen molar-refractivity contribution in [3.63, 3.8) is 0 Å². The summed E-state index contributed by atoms with van der Waals surface area (Å²) in [7, 11) is 0. The molecule has 0 radical (unpaired) electrons. The molecule has 0 fully saturated rings. The molecule has 0 atom stereocenters. The Morgan fingerprint density at radius 1 is 0.857 bits per heavy atom. The number of nitrogens with zero attached hydrogens (tertiary/aromatic N) is 2. The molecule has 0 saturated carbocycles. The molecule has 44 valence electrons. The summed E-state index contributed by atoms with van der Waals surface area (Å²) in [6.45, 7) is 0. The van der Waals surface area contributed by atoms with E-state index in [1.165, 1.54) is 0 Å². The van der Waals surface area contributed by atoms with Crippen LogP contribution in [0.4, 0.5) is 0 Å². The number of nitrogens with one attached hydrogen (secondary N) is 1. The fourth-order valence-corrected chi connectivity index (χ4v) is 0.133. The first-order valence-corrected chi connectivity index (χ1v) is 1.48. The van der Waals surface area contributed by atoms with Gasteiger partial charge in [-0.05, 0) is 0 Å². The van der Waals surface area contributed by atoms with Crippen LogP contribution in [0.5, 0.6) is 0 Å². The van der Waals surface area contributed by atoms with Gasteiger partial charge < -0.3 is 0 Å². The minimum absolute atomic E-state index is 0.625. The second kappa shape index (κ2) is 2.82. The molecule has 0 saturated heterocycles. The lowest BCUT2D eigenvalue weighted by molar-refractivity contribution is 0.0200. The maximum atomic E-state index is 4.79. The Kier molecular flexibility index (Phi) is 2.71. The summed E-state index contributed by atoms with van der Waals surface area (Å²) in [5, 5.41) is 1.25. The van der Waals surface area contributed by atoms with E-state index in [4.69, 9.17) is 23.4 Å². The van der Waals surface area contributed by atoms with Crippen LogP contribution in [-0.2, 0) is 0 Å². The number of nitrogens with two attached hydrogens (primary N) is 4. The van der Waals surface area contributed by atoms with E-state index in [-0.39, 0.29) is 0 Å². The van der Waals surface area contributed by atoms with Crippen molar-refractivity contribution in [2.24, 2.45) is 23.4 Å². The molecule has 0 aliphatic heterocycles. The van der Waals surface area contributed by atoms with Crippen molar-refractivity contribution in [2.45, 2.75) is 0 Å². The van der Waals surface area contributed by atoms with E-state index < -0.39 is 0 Å². The lowest BCUT2D eigenvalue weighted by atomic mass is 12.0. The van der Waals surface area contributed by atoms with Crippen LogP contribution in [0, 0.1) is 0 Å². The standard InChI is InChI=1S/H9N7/c1-6(2)5-7(3)4/h5H,1-4H2. The minimum Gasteiger partial charge on any atom is -0.240 e. The summed E-state index contributed by atoms with van der Waals surface area (Å²) in [4.78, 5) is 0. The first kappa shape index (κ1) is 6.72. The zero-order valence-electron chi connectivity index (χ0n) is 3.70. The van der Waals surface area contributed by atoms with E-state index in [2.05, 4.69) is 5.53 Å². The van der Waals surface area contributed by atoms with Gasteiger partial charge in [-0.15, -0.1) is 16.0 Å². The van der Waals surface area contributed by atoms with Crippen LogP contribution in [0.1, 0.15) is 0 Å². The third kappa shape index (κ3) is 5.72. The predicted molar refractivity (Wildman–Crippen MR) is 23.6 cm³/mol. The average molecular weight is 107 g/mol. The van der Waals surface area contributed by atoms with Gasteiger partial charge in [0.25, 0.3) is 0 Å². The lowest BCUT2D eigenvalue weighted by Crippen LogP contribution is -2.62. The maximum Gasteiger partial charge on any atom is -0.101 e. The molecule has 0 aromatic carbocycles. The average Bonchev–Trinajstić information content (AvgIpc) is 1.27. The molecule has 0 aliphatic carbocycles. The zero-order chi connectivity index (χ0) is 5.86. The molecule has 0 bridgehead atoms. The normalized spacial score (nSPS) is 11.1. The molecule has 0 heterocycles. The highest BCUT2D eigenvalue weighted by molar-refractivity contribution is 4.04. The van der Waals surface area contributed by atoms with Crippen molar-refractivity contribution < 1.29 is 0 Å². The minimum atomic E-state index is 0.625. The van der Waals surface area contributed by atoms with Crippen molar-refractivity contribution >= 4 is 0 Å². The predicted octanol–water partition coefficient (Wildman–Crippen LogP) is -3.50. The molecule has 0 unspecified atom stereocenters. The summed E-state index contributed by atoms with van der Waals surface area (Å²) < 4.78 is 0. The number of hydrazine groups is 6. The Morgan fingerprint density at radius 2 is 1.14 bits per heavy atom. The van der Waals surface area contributed by atoms with Crippen molar-refractivity contribution in [3.05, 3.63) is 0 Å². The smallest absolute Gasteiger partial charge is 0.101 e. The molecule has 0 aromatic heterocycles. The van der Waals surface area contributed by atoms with Gasteiger partial charge in [0.2, 0.25) is 0 Å². The van der Waals surface area contributed by atoms with E-state index >= 15 is 0 Å². The molecular weight excluding hydrogens is 98.0 g/mol. The van der Waals surface area contributed by atoms with Crippen molar-refractivity contribution in [1.82, 2.24) is 16.0 Å². The van der Waals surface area contributed by atoms with Crippen LogP contribution in [0.3, 0.4) is 0 Å². The van der Waals surface area contributed by atoms with Gasteiger partial charge in [-0.3, -0.25) is 0 Å². The van der Waals surface area contributed by atoms with Gasteiger partial charge in [0.15, 0.2) is 0 Å². The number of hydrogen-bond acceptors (Lipinski definition) is 7. The third-order valence-corrected chi connectivity index (χ3v) is 0.231. The quantitative estimate of drug-likeness (QED) is 0.183. The Balaban J connectivity index is 2.95. The largest absolute Gasteiger partial charge is 0.240 e. The molecule has 0 aliphatic rings. The number of rotatable bonds is 2. The van der Waals surface area contributed by atoms with Crippen LogP contribution < -0.4 is 28.9 Å². The molecule has 0 spiro atoms. The summed E-state index contributed by atoms with van der Waals surface area (Å²) in [5.41, 5.74) is 2.08. The second-order valence-corrected chi connectivity index (χ2v) is 0.915. The van der Waals surface area contributed by atoms with Gasteiger partial charge in [-0.1, -0.05) is 0 Å². The van der Waals surface area contributed by atoms with Gasteiger partial charge in [-0.25, -0.2) is 23.4 Å². The Labute approximate surface area is 40.6 Å². The van der Waals surface area contributed by atoms with E-state index in [0.717, 1.165) is 0 Å². The summed E-state index contributed by atoms with van der Waals surface area (Å²) >= 11 is 0. The fraction of sp³-hybridized carbons (Fsp3) is 0. The Bertz CT molecular complexity index is 29.3. The molecule has 7 heteroatoms. The SMILES string of the molecule is NN(N)NN(N)N. The maximum absolute atomic E-state index is 4.79. The summed E-state index contributed by atoms with van der Waals surface area (Å²) in [5.74, 6) is 19.2. The van der Waals surface area contributed by atoms with E-state index in [1.54, 1.807) is 0 Å². The molecule has 7 nitrogen and oxygen atoms in total. The first-order valence-electron chi connectivity index (χ1n) is 1.48. The van der Waals surface area contributed by atoms with Gasteiger partial charge in [0, 0.05) is 0 Å². The third-order valence-electron chi connectivity index (χ3n) is 0.231. The second-order valence-electron chi connectivity index (χ2n) is 0.915. The highest BCUT2D eigenvalue weighted by Crippen LogP contribution is 1.43. The van der Waals surface area contributed by atoms with Crippen LogP contribution >= 0.6 is 0 Å². The van der Waals surface area contributed by atoms with Gasteiger partial charge >= 0.3 is 0 Å². The highest BCUT2D eigenvalue weighted by atomic mass is 16.0. The fourth-order valence-electron chi connectivity index (χ4n) is 0.133. The van der Waals surface area contributed by atoms with Crippen LogP contribution in [0.15, 0.2) is 0 Å². The van der Waals surface area contributed by atoms with Crippen LogP contribution in [-0.4, -0.2) is 10.5 Å². The molecule has 9 N–H and O–H groups in total. The van der Waals surface area contributed by atoms with E-state index in [9.17, 15) is 0 Å². The summed E-state index contributed by atoms with van der Waals surface area (Å²) in [6.07, 6.45) is 0. The lowest BCUT2D eigenvalue weighted by Gasteiger charge is -2.14. The van der Waals surface area contributed by atoms with Crippen molar-refractivity contribution in [2.75, 3.05) is 0 Å². The van der Waals surface area contributed by atoms with Gasteiger partial charge in [0.1, 0.15) is 0 Å². The van der Waals surface area contributed by atoms with Crippen molar-refractivity contribution in [1.29, 1.82) is 0 Å². The first-order chi connectivity index (χ1) is 3.13. The number of hydrogen-bond donors (Lipinski definition) is 5. The molecule has 0 aromatic rings. The molecular formula is H9N7. The van der Waals surface area contributed by atoms with Gasteiger partial charge in [-0.2, -0.15) is 0 Å². The van der Waals surface area contributed by atoms with Crippen LogP contribution in [0.25, 0.3) is 0 Å². The van der Waals surface area contributed by atoms with E-state index in [1.807, 2.05) is 0 Å². The molecule has 0 rings (SSSR count). The van der Waals surface area contributed by atoms with Crippen molar-refractivity contribution in [3.8, 4) is 0 Å². The topological polar surface area (TPSA) is 123 Å². The van der Waals surface area contributed by atoms with E-state index in [0.29, 0.717) is 10.5 Å². The Morgan fingerprint density at radius 3 is 1.14 bits per heavy atom. The molecule has 7 heavy (non-hydrogen) atoms. The summed E-state index contributed by atoms with van der Waals surface area (Å²) in [6, 6.07) is 0. The van der Waals surface area contributed by atoms with Crippen LogP contribution in [0.2, 0.25) is 0 Å². The Hall–Kier alpha value is -0.280. The highest BCUT2D eigenvalue weighted by Gasteiger charge is 1.86. The zero-order valence-corrected chi connectivity index (χ0v) is 3.70. The molecule has 0 amide bonds. The van der Waals surface area contributed by atoms with Gasteiger partial charge in [0.05, 0.1) is 0 Å². The monoisotopic (exact) mass is 107 g/mol.